The SMILES string of the molecule is CCC(C)(C)C(=O)OC12CC3CC(CC(C3)C1)C2.CCC(C)C(=O)OC12CC3CC(CC(C3)C1)C2.F.F. The van der Waals surface area contributed by atoms with E-state index in [4.69, 9.17) is 9.47 Å². The zero-order chi connectivity index (χ0) is 25.0. The summed E-state index contributed by atoms with van der Waals surface area (Å²) in [5.41, 5.74) is -0.434. The number of carbonyl (C=O) groups excluding carboxylic acids is 2. The highest BCUT2D eigenvalue weighted by molar-refractivity contribution is 5.76. The number of ether oxygens (including phenoxy) is 2. The molecule has 8 fully saturated rings. The molecule has 0 radical (unpaired) electrons. The van der Waals surface area contributed by atoms with Crippen LogP contribution in [-0.2, 0) is 19.1 Å². The molecule has 0 aliphatic heterocycles. The van der Waals surface area contributed by atoms with Gasteiger partial charge in [-0.25, -0.2) is 0 Å². The summed E-state index contributed by atoms with van der Waals surface area (Å²) in [5.74, 6) is 5.24. The fraction of sp³-hybridized carbons (Fsp3) is 0.935. The lowest BCUT2D eigenvalue weighted by Crippen LogP contribution is -2.53. The van der Waals surface area contributed by atoms with Crippen LogP contribution in [0.3, 0.4) is 0 Å². The molecule has 1 unspecified atom stereocenters. The molecule has 8 bridgehead atoms. The fourth-order valence-corrected chi connectivity index (χ4v) is 9.27. The van der Waals surface area contributed by atoms with Crippen molar-refractivity contribution in [2.75, 3.05) is 0 Å². The highest BCUT2D eigenvalue weighted by Gasteiger charge is 2.54. The number of hydrogen-bond donors (Lipinski definition) is 0. The van der Waals surface area contributed by atoms with Gasteiger partial charge < -0.3 is 9.47 Å². The minimum Gasteiger partial charge on any atom is -0.459 e. The predicted molar refractivity (Wildman–Crippen MR) is 143 cm³/mol. The van der Waals surface area contributed by atoms with Gasteiger partial charge >= 0.3 is 11.9 Å². The van der Waals surface area contributed by atoms with E-state index >= 15 is 0 Å². The Labute approximate surface area is 223 Å². The Hall–Kier alpha value is -1.20. The van der Waals surface area contributed by atoms with E-state index in [0.29, 0.717) is 0 Å². The first kappa shape index (κ1) is 30.3. The van der Waals surface area contributed by atoms with Crippen LogP contribution in [-0.4, -0.2) is 23.1 Å². The molecule has 0 spiro atoms. The highest BCUT2D eigenvalue weighted by atomic mass is 19.0. The molecule has 0 heterocycles. The number of carbonyl (C=O) groups is 2. The molecule has 37 heavy (non-hydrogen) atoms. The van der Waals surface area contributed by atoms with E-state index in [1.807, 2.05) is 20.8 Å². The summed E-state index contributed by atoms with van der Waals surface area (Å²) in [5, 5.41) is 0. The van der Waals surface area contributed by atoms with Gasteiger partial charge in [0.2, 0.25) is 0 Å². The maximum Gasteiger partial charge on any atom is 0.312 e. The Morgan fingerprint density at radius 2 is 1.03 bits per heavy atom. The summed E-state index contributed by atoms with van der Waals surface area (Å²) in [7, 11) is 0. The van der Waals surface area contributed by atoms with Crippen LogP contribution in [0.5, 0.6) is 0 Å². The summed E-state index contributed by atoms with van der Waals surface area (Å²) in [6.45, 7) is 10.1. The van der Waals surface area contributed by atoms with Gasteiger partial charge in [0.25, 0.3) is 0 Å². The van der Waals surface area contributed by atoms with Crippen molar-refractivity contribution >= 4 is 11.9 Å². The molecule has 8 saturated carbocycles. The number of halogens is 2. The molecular weight excluding hydrogens is 474 g/mol. The van der Waals surface area contributed by atoms with Gasteiger partial charge in [-0.15, -0.1) is 0 Å². The van der Waals surface area contributed by atoms with E-state index < -0.39 is 0 Å². The average molecular weight is 527 g/mol. The first-order chi connectivity index (χ1) is 16.5. The third-order valence-electron chi connectivity index (χ3n) is 11.0. The molecule has 0 aromatic heterocycles. The van der Waals surface area contributed by atoms with Gasteiger partial charge in [0, 0.05) is 0 Å². The Morgan fingerprint density at radius 3 is 1.32 bits per heavy atom. The van der Waals surface area contributed by atoms with Gasteiger partial charge in [-0.05, 0) is 139 Å². The van der Waals surface area contributed by atoms with Gasteiger partial charge in [0.1, 0.15) is 11.2 Å². The van der Waals surface area contributed by atoms with Gasteiger partial charge in [-0.1, -0.05) is 20.8 Å². The minimum absolute atomic E-state index is 0. The summed E-state index contributed by atoms with van der Waals surface area (Å²) in [4.78, 5) is 24.4. The Balaban J connectivity index is 0.000000195. The fourth-order valence-electron chi connectivity index (χ4n) is 9.27. The Kier molecular flexibility index (Phi) is 9.12. The monoisotopic (exact) mass is 526 g/mol. The molecular formula is C31H52F2O4. The first-order valence-corrected chi connectivity index (χ1v) is 15.0. The molecule has 0 saturated heterocycles. The van der Waals surface area contributed by atoms with Crippen LogP contribution in [0.2, 0.25) is 0 Å². The van der Waals surface area contributed by atoms with Crippen LogP contribution >= 0.6 is 0 Å². The molecule has 1 atom stereocenters. The molecule has 0 aromatic rings. The van der Waals surface area contributed by atoms with Crippen LogP contribution < -0.4 is 0 Å². The van der Waals surface area contributed by atoms with Crippen molar-refractivity contribution in [3.8, 4) is 0 Å². The first-order valence-electron chi connectivity index (χ1n) is 15.0. The second-order valence-electron chi connectivity index (χ2n) is 14.6. The topological polar surface area (TPSA) is 52.6 Å². The zero-order valence-electron chi connectivity index (χ0n) is 23.9. The minimum atomic E-state index is -0.316. The van der Waals surface area contributed by atoms with Crippen molar-refractivity contribution in [1.29, 1.82) is 0 Å². The van der Waals surface area contributed by atoms with Crippen molar-refractivity contribution < 1.29 is 28.5 Å². The van der Waals surface area contributed by atoms with E-state index in [0.717, 1.165) is 86.9 Å². The van der Waals surface area contributed by atoms with E-state index in [1.165, 1.54) is 38.5 Å². The van der Waals surface area contributed by atoms with Gasteiger partial charge in [0.15, 0.2) is 0 Å². The molecule has 214 valence electrons. The number of esters is 2. The molecule has 8 aliphatic rings. The quantitative estimate of drug-likeness (QED) is 0.332. The lowest BCUT2D eigenvalue weighted by molar-refractivity contribution is -0.196. The highest BCUT2D eigenvalue weighted by Crippen LogP contribution is 2.58. The largest absolute Gasteiger partial charge is 0.459 e. The summed E-state index contributed by atoms with van der Waals surface area (Å²) < 4.78 is 12.0. The Bertz CT molecular complexity index is 751. The third kappa shape index (κ3) is 6.19. The molecule has 8 rings (SSSR count). The van der Waals surface area contributed by atoms with Crippen molar-refractivity contribution in [3.05, 3.63) is 0 Å². The van der Waals surface area contributed by atoms with E-state index in [-0.39, 0.29) is 43.9 Å². The zero-order valence-corrected chi connectivity index (χ0v) is 23.9. The van der Waals surface area contributed by atoms with Crippen molar-refractivity contribution in [2.24, 2.45) is 46.8 Å². The number of rotatable bonds is 6. The van der Waals surface area contributed by atoms with E-state index in [9.17, 15) is 9.59 Å². The van der Waals surface area contributed by atoms with E-state index in [1.54, 1.807) is 0 Å². The maximum absolute atomic E-state index is 12.4. The van der Waals surface area contributed by atoms with Gasteiger partial charge in [0.05, 0.1) is 11.3 Å². The smallest absolute Gasteiger partial charge is 0.312 e. The summed E-state index contributed by atoms with van der Waals surface area (Å²) in [6.07, 6.45) is 17.0. The van der Waals surface area contributed by atoms with Gasteiger partial charge in [-0.2, -0.15) is 0 Å². The van der Waals surface area contributed by atoms with Gasteiger partial charge in [-0.3, -0.25) is 19.0 Å². The van der Waals surface area contributed by atoms with Crippen molar-refractivity contribution in [3.63, 3.8) is 0 Å². The lowest BCUT2D eigenvalue weighted by atomic mass is 9.54. The lowest BCUT2D eigenvalue weighted by Gasteiger charge is -2.56. The van der Waals surface area contributed by atoms with Crippen LogP contribution in [0.15, 0.2) is 0 Å². The molecule has 0 amide bonds. The molecule has 4 nitrogen and oxygen atoms in total. The molecule has 8 aliphatic carbocycles. The van der Waals surface area contributed by atoms with Crippen LogP contribution in [0.1, 0.15) is 125 Å². The molecule has 0 N–H and O–H groups in total. The van der Waals surface area contributed by atoms with Crippen molar-refractivity contribution in [1.82, 2.24) is 0 Å². The maximum atomic E-state index is 12.4. The van der Waals surface area contributed by atoms with Crippen LogP contribution in [0.4, 0.5) is 9.41 Å². The second kappa shape index (κ2) is 11.1. The standard InChI is InChI=1S/C16H26O2.C15H24O2.2FH/c1-4-15(2,3)14(17)18-16-8-11-5-12(9-16)7-13(6-11)10-16;1-3-10(2)14(16)17-15-7-11-4-12(8-15)6-13(5-11)9-15;;/h11-13H,4-10H2,1-3H3;10-13H,3-9H2,1-2H3;2*1H. The third-order valence-corrected chi connectivity index (χ3v) is 11.0. The summed E-state index contributed by atoms with van der Waals surface area (Å²) in [6, 6.07) is 0. The molecule has 0 aromatic carbocycles. The molecule has 6 heteroatoms. The Morgan fingerprint density at radius 1 is 0.703 bits per heavy atom. The van der Waals surface area contributed by atoms with Crippen molar-refractivity contribution in [2.45, 2.75) is 136 Å². The second-order valence-corrected chi connectivity index (χ2v) is 14.6. The van der Waals surface area contributed by atoms with Crippen LogP contribution in [0, 0.1) is 46.8 Å². The number of hydrogen-bond acceptors (Lipinski definition) is 4. The average Bonchev–Trinajstić information content (AvgIpc) is 2.76. The van der Waals surface area contributed by atoms with E-state index in [2.05, 4.69) is 13.8 Å². The normalized spacial score (nSPS) is 41.0. The summed E-state index contributed by atoms with van der Waals surface area (Å²) >= 11 is 0. The predicted octanol–water partition coefficient (Wildman–Crippen LogP) is 7.78. The van der Waals surface area contributed by atoms with Crippen LogP contribution in [0.25, 0.3) is 0 Å².